The van der Waals surface area contributed by atoms with Gasteiger partial charge in [0.2, 0.25) is 0 Å². The minimum atomic E-state index is -0.692. The molecule has 0 radical (unpaired) electrons. The standard InChI is InChI=1S/C23H24N2O2/c1-16-7-2-3-9-18(16)22(25-14-6-8-17(15-25)23(26)27)20-12-13-24-21-11-5-4-10-19(20)21/h2-5,7,9-13,17,22H,6,8,14-15H2,1H3,(H,26,27). The van der Waals surface area contributed by atoms with Crippen LogP contribution in [0.1, 0.15) is 35.6 Å². The average Bonchev–Trinajstić information content (AvgIpc) is 2.70. The summed E-state index contributed by atoms with van der Waals surface area (Å²) in [6, 6.07) is 18.7. The second-order valence-electron chi connectivity index (χ2n) is 7.35. The van der Waals surface area contributed by atoms with E-state index in [2.05, 4.69) is 53.2 Å². The van der Waals surface area contributed by atoms with Crippen molar-refractivity contribution in [1.29, 1.82) is 0 Å². The number of pyridine rings is 1. The Morgan fingerprint density at radius 1 is 1.11 bits per heavy atom. The van der Waals surface area contributed by atoms with Crippen molar-refractivity contribution in [3.63, 3.8) is 0 Å². The lowest BCUT2D eigenvalue weighted by molar-refractivity contribution is -0.143. The van der Waals surface area contributed by atoms with Gasteiger partial charge in [-0.05, 0) is 55.1 Å². The lowest BCUT2D eigenvalue weighted by Gasteiger charge is -2.38. The monoisotopic (exact) mass is 360 g/mol. The molecule has 27 heavy (non-hydrogen) atoms. The third-order valence-corrected chi connectivity index (χ3v) is 5.63. The van der Waals surface area contributed by atoms with Gasteiger partial charge in [0.15, 0.2) is 0 Å². The maximum Gasteiger partial charge on any atom is 0.307 e. The molecule has 2 aromatic carbocycles. The first kappa shape index (κ1) is 17.7. The average molecular weight is 360 g/mol. The van der Waals surface area contributed by atoms with Gasteiger partial charge >= 0.3 is 5.97 Å². The molecule has 0 spiro atoms. The van der Waals surface area contributed by atoms with E-state index in [4.69, 9.17) is 0 Å². The third kappa shape index (κ3) is 3.45. The molecule has 1 aliphatic rings. The molecule has 138 valence electrons. The number of nitrogens with zero attached hydrogens (tertiary/aromatic N) is 2. The van der Waals surface area contributed by atoms with Crippen LogP contribution < -0.4 is 0 Å². The van der Waals surface area contributed by atoms with Gasteiger partial charge in [-0.1, -0.05) is 42.5 Å². The largest absolute Gasteiger partial charge is 0.481 e. The van der Waals surface area contributed by atoms with Gasteiger partial charge in [0.25, 0.3) is 0 Å². The molecule has 1 fully saturated rings. The Bertz CT molecular complexity index is 964. The van der Waals surface area contributed by atoms with Gasteiger partial charge in [0.1, 0.15) is 0 Å². The van der Waals surface area contributed by atoms with Crippen molar-refractivity contribution in [3.8, 4) is 0 Å². The molecule has 0 amide bonds. The summed E-state index contributed by atoms with van der Waals surface area (Å²) in [5.74, 6) is -0.999. The molecule has 1 saturated heterocycles. The van der Waals surface area contributed by atoms with Crippen LogP contribution in [0.3, 0.4) is 0 Å². The van der Waals surface area contributed by atoms with Crippen LogP contribution in [0.25, 0.3) is 10.9 Å². The zero-order valence-corrected chi connectivity index (χ0v) is 15.5. The molecule has 1 aliphatic heterocycles. The van der Waals surface area contributed by atoms with E-state index in [-0.39, 0.29) is 12.0 Å². The Morgan fingerprint density at radius 3 is 2.70 bits per heavy atom. The molecule has 4 heteroatoms. The van der Waals surface area contributed by atoms with Crippen molar-refractivity contribution in [3.05, 3.63) is 77.5 Å². The first-order valence-electron chi connectivity index (χ1n) is 9.51. The highest BCUT2D eigenvalue weighted by Gasteiger charge is 2.32. The van der Waals surface area contributed by atoms with Crippen LogP contribution in [0.5, 0.6) is 0 Å². The number of likely N-dealkylation sites (tertiary alicyclic amines) is 1. The molecule has 1 N–H and O–H groups in total. The SMILES string of the molecule is Cc1ccccc1C(c1ccnc2ccccc12)N1CCCC(C(=O)O)C1. The fourth-order valence-corrected chi connectivity index (χ4v) is 4.25. The topological polar surface area (TPSA) is 53.4 Å². The number of fused-ring (bicyclic) bond motifs is 1. The fourth-order valence-electron chi connectivity index (χ4n) is 4.25. The normalized spacial score (nSPS) is 19.1. The van der Waals surface area contributed by atoms with Gasteiger partial charge in [-0.3, -0.25) is 14.7 Å². The Balaban J connectivity index is 1.86. The van der Waals surface area contributed by atoms with Gasteiger partial charge in [0, 0.05) is 18.1 Å². The fraction of sp³-hybridized carbons (Fsp3) is 0.304. The Morgan fingerprint density at radius 2 is 1.89 bits per heavy atom. The smallest absolute Gasteiger partial charge is 0.307 e. The van der Waals surface area contributed by atoms with Gasteiger partial charge in [-0.25, -0.2) is 0 Å². The molecular weight excluding hydrogens is 336 g/mol. The summed E-state index contributed by atoms with van der Waals surface area (Å²) in [5.41, 5.74) is 4.63. The minimum absolute atomic E-state index is 0.0289. The highest BCUT2D eigenvalue weighted by Crippen LogP contribution is 2.37. The molecular formula is C23H24N2O2. The predicted molar refractivity (Wildman–Crippen MR) is 107 cm³/mol. The van der Waals surface area contributed by atoms with Gasteiger partial charge in [0.05, 0.1) is 17.5 Å². The number of aliphatic carboxylic acids is 1. The van der Waals surface area contributed by atoms with E-state index < -0.39 is 5.97 Å². The number of carboxylic acids is 1. The number of carbonyl (C=O) groups is 1. The zero-order chi connectivity index (χ0) is 18.8. The lowest BCUT2D eigenvalue weighted by atomic mass is 9.88. The van der Waals surface area contributed by atoms with Crippen LogP contribution in [0.4, 0.5) is 0 Å². The molecule has 2 heterocycles. The number of hydrogen-bond acceptors (Lipinski definition) is 3. The number of rotatable bonds is 4. The molecule has 2 atom stereocenters. The van der Waals surface area contributed by atoms with Crippen LogP contribution in [-0.4, -0.2) is 34.0 Å². The van der Waals surface area contributed by atoms with Crippen molar-refractivity contribution >= 4 is 16.9 Å². The van der Waals surface area contributed by atoms with Crippen molar-refractivity contribution in [1.82, 2.24) is 9.88 Å². The quantitative estimate of drug-likeness (QED) is 0.748. The van der Waals surface area contributed by atoms with Crippen molar-refractivity contribution in [2.24, 2.45) is 5.92 Å². The molecule has 0 bridgehead atoms. The summed E-state index contributed by atoms with van der Waals surface area (Å²) < 4.78 is 0. The summed E-state index contributed by atoms with van der Waals surface area (Å²) in [6.45, 7) is 3.61. The van der Waals surface area contributed by atoms with E-state index >= 15 is 0 Å². The summed E-state index contributed by atoms with van der Waals surface area (Å²) in [5, 5.41) is 10.7. The summed E-state index contributed by atoms with van der Waals surface area (Å²) in [4.78, 5) is 18.5. The third-order valence-electron chi connectivity index (χ3n) is 5.63. The molecule has 3 aromatic rings. The van der Waals surface area contributed by atoms with Gasteiger partial charge in [-0.15, -0.1) is 0 Å². The van der Waals surface area contributed by atoms with E-state index in [9.17, 15) is 9.90 Å². The Hall–Kier alpha value is -2.72. The van der Waals surface area contributed by atoms with Crippen molar-refractivity contribution in [2.75, 3.05) is 13.1 Å². The molecule has 0 saturated carbocycles. The number of aryl methyl sites for hydroxylation is 1. The zero-order valence-electron chi connectivity index (χ0n) is 15.5. The number of carboxylic acid groups (broad SMARTS) is 1. The summed E-state index contributed by atoms with van der Waals surface area (Å²) in [7, 11) is 0. The number of aromatic nitrogens is 1. The van der Waals surface area contributed by atoms with Gasteiger partial charge < -0.3 is 5.11 Å². The minimum Gasteiger partial charge on any atom is -0.481 e. The van der Waals surface area contributed by atoms with Crippen LogP contribution in [-0.2, 0) is 4.79 Å². The van der Waals surface area contributed by atoms with E-state index in [1.165, 1.54) is 16.7 Å². The molecule has 1 aromatic heterocycles. The molecule has 0 aliphatic carbocycles. The number of piperidine rings is 1. The molecule has 4 nitrogen and oxygen atoms in total. The highest BCUT2D eigenvalue weighted by atomic mass is 16.4. The number of para-hydroxylation sites is 1. The summed E-state index contributed by atoms with van der Waals surface area (Å²) >= 11 is 0. The van der Waals surface area contributed by atoms with E-state index in [1.807, 2.05) is 24.4 Å². The second-order valence-corrected chi connectivity index (χ2v) is 7.35. The molecule has 4 rings (SSSR count). The Kier molecular flexibility index (Phi) is 4.90. The van der Waals surface area contributed by atoms with Crippen LogP contribution in [0, 0.1) is 12.8 Å². The molecule has 2 unspecified atom stereocenters. The number of hydrogen-bond donors (Lipinski definition) is 1. The highest BCUT2D eigenvalue weighted by molar-refractivity contribution is 5.83. The van der Waals surface area contributed by atoms with E-state index in [1.54, 1.807) is 0 Å². The van der Waals surface area contributed by atoms with E-state index in [0.717, 1.165) is 30.3 Å². The second kappa shape index (κ2) is 7.49. The maximum atomic E-state index is 11.6. The van der Waals surface area contributed by atoms with Crippen LogP contribution in [0.15, 0.2) is 60.8 Å². The van der Waals surface area contributed by atoms with Gasteiger partial charge in [-0.2, -0.15) is 0 Å². The predicted octanol–water partition coefficient (Wildman–Crippen LogP) is 4.43. The van der Waals surface area contributed by atoms with Crippen molar-refractivity contribution in [2.45, 2.75) is 25.8 Å². The maximum absolute atomic E-state index is 11.6. The Labute approximate surface area is 159 Å². The van der Waals surface area contributed by atoms with Crippen LogP contribution in [0.2, 0.25) is 0 Å². The first-order chi connectivity index (χ1) is 13.1. The van der Waals surface area contributed by atoms with Crippen LogP contribution >= 0.6 is 0 Å². The first-order valence-corrected chi connectivity index (χ1v) is 9.51. The van der Waals surface area contributed by atoms with E-state index in [0.29, 0.717) is 6.54 Å². The number of benzene rings is 2. The lowest BCUT2D eigenvalue weighted by Crippen LogP contribution is -2.41. The summed E-state index contributed by atoms with van der Waals surface area (Å²) in [6.07, 6.45) is 3.52. The van der Waals surface area contributed by atoms with Crippen molar-refractivity contribution < 1.29 is 9.90 Å².